The Morgan fingerprint density at radius 3 is 2.26 bits per heavy atom. The average Bonchev–Trinajstić information content (AvgIpc) is 2.60. The molecule has 0 saturated heterocycles. The molecular formula is C18H17Br3N2O4. The minimum absolute atomic E-state index is 0.0195. The van der Waals surface area contributed by atoms with E-state index in [0.717, 1.165) is 4.47 Å². The molecule has 0 spiro atoms. The number of benzene rings is 2. The topological polar surface area (TPSA) is 76.7 Å². The molecule has 6 nitrogen and oxygen atoms in total. The van der Waals surface area contributed by atoms with Crippen LogP contribution in [0.3, 0.4) is 0 Å². The van der Waals surface area contributed by atoms with Crippen molar-refractivity contribution in [3.63, 3.8) is 0 Å². The molecule has 0 saturated carbocycles. The van der Waals surface area contributed by atoms with Crippen LogP contribution in [0.1, 0.15) is 24.2 Å². The summed E-state index contributed by atoms with van der Waals surface area (Å²) in [7, 11) is 0. The number of nitrogens with one attached hydrogen (secondary N) is 2. The predicted octanol–water partition coefficient (Wildman–Crippen LogP) is 4.60. The van der Waals surface area contributed by atoms with Crippen molar-refractivity contribution in [1.82, 2.24) is 10.9 Å². The third kappa shape index (κ3) is 6.82. The Morgan fingerprint density at radius 2 is 1.63 bits per heavy atom. The van der Waals surface area contributed by atoms with Gasteiger partial charge in [0.2, 0.25) is 0 Å². The molecule has 2 amide bonds. The molecule has 0 aliphatic rings. The standard InChI is InChI=1S/C18H17Br3N2O4/c1-10(2)27-16-5-3-11(7-13(16)20)18(25)23-22-17(24)9-26-15-6-4-12(19)8-14(15)21/h3-8,10H,9H2,1-2H3,(H,22,24)(H,23,25). The zero-order valence-corrected chi connectivity index (χ0v) is 19.3. The number of carbonyl (C=O) groups excluding carboxylic acids is 2. The van der Waals surface area contributed by atoms with Crippen LogP contribution in [0.25, 0.3) is 0 Å². The van der Waals surface area contributed by atoms with Crippen LogP contribution < -0.4 is 20.3 Å². The number of hydrazine groups is 1. The highest BCUT2D eigenvalue weighted by molar-refractivity contribution is 9.11. The number of ether oxygens (including phenoxy) is 2. The summed E-state index contributed by atoms with van der Waals surface area (Å²) in [5, 5.41) is 0. The van der Waals surface area contributed by atoms with Crippen molar-refractivity contribution in [2.75, 3.05) is 6.61 Å². The van der Waals surface area contributed by atoms with Gasteiger partial charge in [-0.3, -0.25) is 20.4 Å². The highest BCUT2D eigenvalue weighted by atomic mass is 79.9. The van der Waals surface area contributed by atoms with Gasteiger partial charge in [0.1, 0.15) is 11.5 Å². The Morgan fingerprint density at radius 1 is 0.963 bits per heavy atom. The predicted molar refractivity (Wildman–Crippen MR) is 113 cm³/mol. The van der Waals surface area contributed by atoms with Gasteiger partial charge in [0.25, 0.3) is 11.8 Å². The second-order valence-electron chi connectivity index (χ2n) is 5.68. The van der Waals surface area contributed by atoms with E-state index in [4.69, 9.17) is 9.47 Å². The molecule has 2 N–H and O–H groups in total. The summed E-state index contributed by atoms with van der Waals surface area (Å²) in [6.07, 6.45) is 0.0195. The van der Waals surface area contributed by atoms with Crippen LogP contribution in [-0.4, -0.2) is 24.5 Å². The van der Waals surface area contributed by atoms with E-state index in [9.17, 15) is 9.59 Å². The van der Waals surface area contributed by atoms with Crippen LogP contribution in [-0.2, 0) is 4.79 Å². The smallest absolute Gasteiger partial charge is 0.276 e. The van der Waals surface area contributed by atoms with E-state index in [-0.39, 0.29) is 12.7 Å². The first-order valence-corrected chi connectivity index (χ1v) is 10.3. The average molecular weight is 565 g/mol. The fourth-order valence-electron chi connectivity index (χ4n) is 1.96. The Labute approximate surface area is 182 Å². The number of amides is 2. The van der Waals surface area contributed by atoms with Crippen LogP contribution in [0, 0.1) is 0 Å². The van der Waals surface area contributed by atoms with Gasteiger partial charge in [-0.2, -0.15) is 0 Å². The zero-order chi connectivity index (χ0) is 20.0. The fraction of sp³-hybridized carbons (Fsp3) is 0.222. The first-order chi connectivity index (χ1) is 12.8. The summed E-state index contributed by atoms with van der Waals surface area (Å²) >= 11 is 10.0. The van der Waals surface area contributed by atoms with Gasteiger partial charge in [-0.05, 0) is 82.1 Å². The molecule has 0 aromatic heterocycles. The molecule has 2 rings (SSSR count). The van der Waals surface area contributed by atoms with Crippen LogP contribution in [0.2, 0.25) is 0 Å². The lowest BCUT2D eigenvalue weighted by atomic mass is 10.2. The fourth-order valence-corrected chi connectivity index (χ4v) is 3.60. The Hall–Kier alpha value is -1.58. The molecule has 0 unspecified atom stereocenters. The number of halogens is 3. The molecule has 144 valence electrons. The molecule has 0 atom stereocenters. The summed E-state index contributed by atoms with van der Waals surface area (Å²) in [4.78, 5) is 24.0. The third-order valence-electron chi connectivity index (χ3n) is 3.12. The molecule has 9 heteroatoms. The molecule has 0 fully saturated rings. The van der Waals surface area contributed by atoms with E-state index in [1.54, 1.807) is 36.4 Å². The van der Waals surface area contributed by atoms with Crippen molar-refractivity contribution in [2.24, 2.45) is 0 Å². The molecular weight excluding hydrogens is 548 g/mol. The van der Waals surface area contributed by atoms with E-state index < -0.39 is 11.8 Å². The van der Waals surface area contributed by atoms with Crippen LogP contribution >= 0.6 is 47.8 Å². The summed E-state index contributed by atoms with van der Waals surface area (Å²) < 4.78 is 13.3. The number of rotatable bonds is 6. The number of hydrogen-bond acceptors (Lipinski definition) is 4. The molecule has 0 radical (unpaired) electrons. The third-order valence-corrected chi connectivity index (χ3v) is 4.86. The summed E-state index contributed by atoms with van der Waals surface area (Å²) in [5.74, 6) is 0.213. The molecule has 2 aromatic carbocycles. The van der Waals surface area contributed by atoms with E-state index in [2.05, 4.69) is 58.6 Å². The first-order valence-electron chi connectivity index (χ1n) is 7.89. The SMILES string of the molecule is CC(C)Oc1ccc(C(=O)NNC(=O)COc2ccc(Br)cc2Br)cc1Br. The Balaban J connectivity index is 1.85. The lowest BCUT2D eigenvalue weighted by Crippen LogP contribution is -2.43. The second kappa shape index (κ2) is 10.1. The molecule has 0 heterocycles. The lowest BCUT2D eigenvalue weighted by Gasteiger charge is -2.13. The highest BCUT2D eigenvalue weighted by Crippen LogP contribution is 2.28. The van der Waals surface area contributed by atoms with E-state index in [0.29, 0.717) is 26.0 Å². The van der Waals surface area contributed by atoms with Crippen LogP contribution in [0.5, 0.6) is 11.5 Å². The number of hydrogen-bond donors (Lipinski definition) is 2. The molecule has 0 aliphatic carbocycles. The van der Waals surface area contributed by atoms with Crippen molar-refractivity contribution in [2.45, 2.75) is 20.0 Å². The van der Waals surface area contributed by atoms with Gasteiger partial charge >= 0.3 is 0 Å². The second-order valence-corrected chi connectivity index (χ2v) is 8.30. The van der Waals surface area contributed by atoms with Crippen LogP contribution in [0.15, 0.2) is 49.8 Å². The van der Waals surface area contributed by atoms with Gasteiger partial charge in [0.15, 0.2) is 6.61 Å². The van der Waals surface area contributed by atoms with Gasteiger partial charge in [0.05, 0.1) is 15.0 Å². The van der Waals surface area contributed by atoms with Gasteiger partial charge in [-0.15, -0.1) is 0 Å². The Bertz CT molecular complexity index is 843. The van der Waals surface area contributed by atoms with E-state index in [1.807, 2.05) is 13.8 Å². The monoisotopic (exact) mass is 562 g/mol. The van der Waals surface area contributed by atoms with Gasteiger partial charge < -0.3 is 9.47 Å². The van der Waals surface area contributed by atoms with Crippen molar-refractivity contribution in [3.05, 3.63) is 55.4 Å². The summed E-state index contributed by atoms with van der Waals surface area (Å²) in [5.41, 5.74) is 5.03. The zero-order valence-electron chi connectivity index (χ0n) is 14.5. The summed E-state index contributed by atoms with van der Waals surface area (Å²) in [6, 6.07) is 10.2. The molecule has 0 bridgehead atoms. The van der Waals surface area contributed by atoms with Crippen molar-refractivity contribution >= 4 is 59.6 Å². The minimum atomic E-state index is -0.489. The Kier molecular flexibility index (Phi) is 8.12. The first kappa shape index (κ1) is 21.7. The molecule has 2 aromatic rings. The van der Waals surface area contributed by atoms with Crippen molar-refractivity contribution in [3.8, 4) is 11.5 Å². The van der Waals surface area contributed by atoms with E-state index in [1.165, 1.54) is 0 Å². The van der Waals surface area contributed by atoms with Gasteiger partial charge in [-0.1, -0.05) is 15.9 Å². The van der Waals surface area contributed by atoms with Gasteiger partial charge in [-0.25, -0.2) is 0 Å². The quantitative estimate of drug-likeness (QED) is 0.503. The highest BCUT2D eigenvalue weighted by Gasteiger charge is 2.12. The maximum absolute atomic E-state index is 12.2. The lowest BCUT2D eigenvalue weighted by molar-refractivity contribution is -0.123. The maximum Gasteiger partial charge on any atom is 0.276 e. The van der Waals surface area contributed by atoms with E-state index >= 15 is 0 Å². The largest absolute Gasteiger partial charge is 0.490 e. The minimum Gasteiger partial charge on any atom is -0.490 e. The maximum atomic E-state index is 12.2. The van der Waals surface area contributed by atoms with Crippen LogP contribution in [0.4, 0.5) is 0 Å². The van der Waals surface area contributed by atoms with Gasteiger partial charge in [0, 0.05) is 10.0 Å². The normalized spacial score (nSPS) is 10.4. The van der Waals surface area contributed by atoms with Crippen molar-refractivity contribution in [1.29, 1.82) is 0 Å². The van der Waals surface area contributed by atoms with Crippen molar-refractivity contribution < 1.29 is 19.1 Å². The number of carbonyl (C=O) groups is 2. The summed E-state index contributed by atoms with van der Waals surface area (Å²) in [6.45, 7) is 3.58. The molecule has 27 heavy (non-hydrogen) atoms. The molecule has 0 aliphatic heterocycles.